The highest BCUT2D eigenvalue weighted by molar-refractivity contribution is 7.86. The lowest BCUT2D eigenvalue weighted by atomic mass is 10.2. The summed E-state index contributed by atoms with van der Waals surface area (Å²) in [6, 6.07) is 6.57. The topological polar surface area (TPSA) is 104 Å². The number of aromatic nitrogens is 1. The van der Waals surface area contributed by atoms with Gasteiger partial charge < -0.3 is 18.0 Å². The highest BCUT2D eigenvalue weighted by atomic mass is 32.2. The molecule has 0 bridgehead atoms. The van der Waals surface area contributed by atoms with E-state index in [0.717, 1.165) is 0 Å². The summed E-state index contributed by atoms with van der Waals surface area (Å²) in [4.78, 5) is 3.99. The molecule has 0 unspecified atom stereocenters. The maximum atomic E-state index is 11.5. The Hall–Kier alpha value is -1.56. The number of benzene rings is 1. The zero-order chi connectivity index (χ0) is 19.9. The number of hydrogen-bond donors (Lipinski definition) is 1. The third-order valence-corrected chi connectivity index (χ3v) is 7.85. The van der Waals surface area contributed by atoms with Crippen LogP contribution in [0.4, 0.5) is 0 Å². The molecule has 1 aromatic carbocycles. The minimum Gasteiger partial charge on any atom is -0.491 e. The number of ether oxygens (including phenoxy) is 1. The fourth-order valence-corrected chi connectivity index (χ4v) is 5.73. The van der Waals surface area contributed by atoms with Gasteiger partial charge in [-0.05, 0) is 44.5 Å². The van der Waals surface area contributed by atoms with Crippen LogP contribution >= 0.6 is 0 Å². The van der Waals surface area contributed by atoms with Crippen molar-refractivity contribution in [2.75, 3.05) is 26.9 Å². The van der Waals surface area contributed by atoms with Crippen molar-refractivity contribution in [3.8, 4) is 5.75 Å². The number of nitrogens with zero attached hydrogens (tertiary/aromatic N) is 1. The van der Waals surface area contributed by atoms with Crippen LogP contribution < -0.4 is 4.74 Å². The van der Waals surface area contributed by atoms with Crippen molar-refractivity contribution in [1.29, 1.82) is 0 Å². The van der Waals surface area contributed by atoms with E-state index >= 15 is 0 Å². The third-order valence-electron chi connectivity index (χ3n) is 3.89. The highest BCUT2D eigenvalue weighted by Gasteiger charge is 2.38. The first-order valence-corrected chi connectivity index (χ1v) is 12.0. The fourth-order valence-electron chi connectivity index (χ4n) is 2.78. The lowest BCUT2D eigenvalue weighted by Crippen LogP contribution is -2.45. The average Bonchev–Trinajstić information content (AvgIpc) is 2.64. The zero-order valence-electron chi connectivity index (χ0n) is 15.7. The Morgan fingerprint density at radius 1 is 1.15 bits per heavy atom. The Balaban J connectivity index is 2.12. The second-order valence-corrected chi connectivity index (χ2v) is 9.88. The van der Waals surface area contributed by atoms with Gasteiger partial charge in [0.25, 0.3) is 10.1 Å². The molecule has 150 valence electrons. The van der Waals surface area contributed by atoms with Crippen molar-refractivity contribution >= 4 is 29.8 Å². The van der Waals surface area contributed by atoms with Crippen LogP contribution in [-0.2, 0) is 23.4 Å². The van der Waals surface area contributed by atoms with Gasteiger partial charge in [-0.3, -0.25) is 9.54 Å². The Labute approximate surface area is 160 Å². The van der Waals surface area contributed by atoms with Gasteiger partial charge in [0.1, 0.15) is 16.2 Å². The first-order chi connectivity index (χ1) is 12.9. The molecule has 1 N–H and O–H groups in total. The van der Waals surface area contributed by atoms with Gasteiger partial charge in [-0.15, -0.1) is 0 Å². The van der Waals surface area contributed by atoms with E-state index in [9.17, 15) is 13.0 Å². The summed E-state index contributed by atoms with van der Waals surface area (Å²) in [6.45, 7) is 5.16. The van der Waals surface area contributed by atoms with Gasteiger partial charge >= 0.3 is 8.80 Å². The van der Waals surface area contributed by atoms with Crippen LogP contribution in [0.15, 0.2) is 35.4 Å². The zero-order valence-corrected chi connectivity index (χ0v) is 17.5. The normalized spacial score (nSPS) is 12.4. The van der Waals surface area contributed by atoms with Gasteiger partial charge in [0.05, 0.1) is 6.61 Å². The van der Waals surface area contributed by atoms with Crippen LogP contribution in [0.25, 0.3) is 10.9 Å². The maximum Gasteiger partial charge on any atom is 0.500 e. The average molecular weight is 416 g/mol. The first-order valence-electron chi connectivity index (χ1n) is 8.68. The molecule has 8 nitrogen and oxygen atoms in total. The highest BCUT2D eigenvalue weighted by Crippen LogP contribution is 2.29. The summed E-state index contributed by atoms with van der Waals surface area (Å²) >= 11 is 0. The summed E-state index contributed by atoms with van der Waals surface area (Å²) in [5, 5.41) is 0.307. The predicted molar refractivity (Wildman–Crippen MR) is 102 cm³/mol. The van der Waals surface area contributed by atoms with Crippen LogP contribution in [0, 0.1) is 0 Å². The molecule has 0 radical (unpaired) electrons. The molecular formula is C17H25NO7SSi. The lowest BCUT2D eigenvalue weighted by molar-refractivity contribution is 0.0848. The smallest absolute Gasteiger partial charge is 0.491 e. The van der Waals surface area contributed by atoms with E-state index in [2.05, 4.69) is 4.98 Å². The molecule has 0 fully saturated rings. The molecule has 0 atom stereocenters. The Morgan fingerprint density at radius 2 is 1.85 bits per heavy atom. The molecule has 0 saturated carbocycles. The monoisotopic (exact) mass is 415 g/mol. The van der Waals surface area contributed by atoms with Crippen molar-refractivity contribution in [2.24, 2.45) is 0 Å². The molecule has 0 aliphatic rings. The van der Waals surface area contributed by atoms with Gasteiger partial charge in [-0.2, -0.15) is 8.42 Å². The molecule has 0 spiro atoms. The quantitative estimate of drug-likeness (QED) is 0.339. The molecule has 10 heteroatoms. The molecule has 1 aromatic heterocycles. The number of fused-ring (bicyclic) bond motifs is 1. The molecular weight excluding hydrogens is 390 g/mol. The van der Waals surface area contributed by atoms with Crippen molar-refractivity contribution < 1.29 is 31.0 Å². The molecule has 2 rings (SSSR count). The van der Waals surface area contributed by atoms with E-state index in [0.29, 0.717) is 48.9 Å². The minimum absolute atomic E-state index is 0.198. The van der Waals surface area contributed by atoms with Gasteiger partial charge in [-0.25, -0.2) is 0 Å². The SMILES string of the molecule is CCO[Si](CCCOc1ccc(S(=O)(=O)O)c2cccnc12)(OC)OCC. The van der Waals surface area contributed by atoms with Crippen molar-refractivity contribution in [3.05, 3.63) is 30.5 Å². The van der Waals surface area contributed by atoms with Gasteiger partial charge in [0, 0.05) is 38.0 Å². The van der Waals surface area contributed by atoms with E-state index in [1.165, 1.54) is 18.3 Å². The summed E-state index contributed by atoms with van der Waals surface area (Å²) in [5.74, 6) is 0.440. The molecule has 0 aliphatic heterocycles. The molecule has 2 aromatic rings. The van der Waals surface area contributed by atoms with E-state index < -0.39 is 18.9 Å². The number of pyridine rings is 1. The van der Waals surface area contributed by atoms with Crippen LogP contribution in [0.5, 0.6) is 5.75 Å². The summed E-state index contributed by atoms with van der Waals surface area (Å²) in [6.07, 6.45) is 2.17. The maximum absolute atomic E-state index is 11.5. The molecule has 0 saturated heterocycles. The van der Waals surface area contributed by atoms with Crippen LogP contribution in [0.1, 0.15) is 20.3 Å². The Morgan fingerprint density at radius 3 is 2.44 bits per heavy atom. The number of rotatable bonds is 11. The largest absolute Gasteiger partial charge is 0.500 e. The van der Waals surface area contributed by atoms with Crippen LogP contribution in [-0.4, -0.2) is 53.7 Å². The van der Waals surface area contributed by atoms with Crippen LogP contribution in [0.3, 0.4) is 0 Å². The second-order valence-electron chi connectivity index (χ2n) is 5.64. The molecule has 27 heavy (non-hydrogen) atoms. The standard InChI is InChI=1S/C17H25NO7SSi/c1-4-24-27(22-3,25-5-2)13-7-12-23-15-9-10-16(26(19,20)21)14-8-6-11-18-17(14)15/h6,8-11H,4-5,7,12-13H2,1-3H3,(H,19,20,21). The van der Waals surface area contributed by atoms with E-state index in [4.69, 9.17) is 18.0 Å². The van der Waals surface area contributed by atoms with Gasteiger partial charge in [0.2, 0.25) is 0 Å². The van der Waals surface area contributed by atoms with E-state index in [1.807, 2.05) is 13.8 Å². The Bertz CT molecular complexity index is 853. The van der Waals surface area contributed by atoms with E-state index in [1.54, 1.807) is 19.2 Å². The lowest BCUT2D eigenvalue weighted by Gasteiger charge is -2.27. The summed E-state index contributed by atoms with van der Waals surface area (Å²) < 4.78 is 55.2. The van der Waals surface area contributed by atoms with Crippen LogP contribution in [0.2, 0.25) is 6.04 Å². The van der Waals surface area contributed by atoms with Crippen molar-refractivity contribution in [2.45, 2.75) is 31.2 Å². The summed E-state index contributed by atoms with van der Waals surface area (Å²) in [7, 11) is -5.46. The summed E-state index contributed by atoms with van der Waals surface area (Å²) in [5.41, 5.74) is 0.373. The minimum atomic E-state index is -4.35. The van der Waals surface area contributed by atoms with Crippen molar-refractivity contribution in [1.82, 2.24) is 4.98 Å². The first kappa shape index (κ1) is 21.7. The second kappa shape index (κ2) is 9.58. The third kappa shape index (κ3) is 5.47. The molecule has 1 heterocycles. The predicted octanol–water partition coefficient (Wildman–Crippen LogP) is 2.91. The van der Waals surface area contributed by atoms with Gasteiger partial charge in [0.15, 0.2) is 0 Å². The van der Waals surface area contributed by atoms with Crippen molar-refractivity contribution in [3.63, 3.8) is 0 Å². The molecule has 0 amide bonds. The van der Waals surface area contributed by atoms with E-state index in [-0.39, 0.29) is 4.90 Å². The Kier molecular flexibility index (Phi) is 7.71. The fraction of sp³-hybridized carbons (Fsp3) is 0.471. The number of hydrogen-bond acceptors (Lipinski definition) is 7. The molecule has 0 aliphatic carbocycles. The van der Waals surface area contributed by atoms with Gasteiger partial charge in [-0.1, -0.05) is 0 Å².